The summed E-state index contributed by atoms with van der Waals surface area (Å²) in [5.41, 5.74) is 2.12. The lowest BCUT2D eigenvalue weighted by atomic mass is 10.1. The molecule has 0 spiro atoms. The largest absolute Gasteiger partial charge is 0.407 e. The van der Waals surface area contributed by atoms with Crippen LogP contribution in [-0.2, 0) is 13.6 Å². The molecule has 0 saturated heterocycles. The van der Waals surface area contributed by atoms with Gasteiger partial charge in [0.1, 0.15) is 0 Å². The Morgan fingerprint density at radius 1 is 1.38 bits per heavy atom. The van der Waals surface area contributed by atoms with Gasteiger partial charge in [0.25, 0.3) is 0 Å². The van der Waals surface area contributed by atoms with Gasteiger partial charge in [-0.2, -0.15) is 0 Å². The summed E-state index contributed by atoms with van der Waals surface area (Å²) in [6.45, 7) is 3.96. The first-order valence-electron chi connectivity index (χ1n) is 6.83. The second-order valence-electron chi connectivity index (χ2n) is 5.08. The summed E-state index contributed by atoms with van der Waals surface area (Å²) in [5, 5.41) is 14.7. The van der Waals surface area contributed by atoms with E-state index in [1.54, 1.807) is 11.5 Å². The predicted octanol–water partition coefficient (Wildman–Crippen LogP) is 1.88. The van der Waals surface area contributed by atoms with Crippen molar-refractivity contribution in [3.05, 3.63) is 45.8 Å². The number of aromatic nitrogens is 2. The first kappa shape index (κ1) is 13.6. The normalized spacial score (nSPS) is 14.7. The lowest BCUT2D eigenvalue weighted by molar-refractivity contribution is -0.388. The molecule has 1 aliphatic heterocycles. The number of imidazole rings is 1. The number of fused-ring (bicyclic) bond motifs is 1. The molecule has 1 aromatic heterocycles. The van der Waals surface area contributed by atoms with E-state index in [9.17, 15) is 10.1 Å². The molecule has 0 bridgehead atoms. The molecule has 0 atom stereocenters. The van der Waals surface area contributed by atoms with Crippen LogP contribution in [-0.4, -0.2) is 27.6 Å². The van der Waals surface area contributed by atoms with Crippen LogP contribution < -0.4 is 10.2 Å². The molecular formula is C14H17N5O2. The maximum Gasteiger partial charge on any atom is 0.407 e. The van der Waals surface area contributed by atoms with Gasteiger partial charge in [0, 0.05) is 39.3 Å². The highest BCUT2D eigenvalue weighted by Gasteiger charge is 2.30. The minimum atomic E-state index is -0.413. The second kappa shape index (κ2) is 5.17. The van der Waals surface area contributed by atoms with E-state index in [1.807, 2.05) is 36.2 Å². The van der Waals surface area contributed by atoms with Crippen molar-refractivity contribution in [3.63, 3.8) is 0 Å². The van der Waals surface area contributed by atoms with Crippen LogP contribution >= 0.6 is 0 Å². The van der Waals surface area contributed by atoms with E-state index in [0.717, 1.165) is 24.3 Å². The molecule has 1 aromatic carbocycles. The summed E-state index contributed by atoms with van der Waals surface area (Å²) in [6, 6.07) is 7.96. The number of para-hydroxylation sites is 1. The van der Waals surface area contributed by atoms with E-state index in [0.29, 0.717) is 18.2 Å². The van der Waals surface area contributed by atoms with Crippen LogP contribution in [0, 0.1) is 17.0 Å². The summed E-state index contributed by atoms with van der Waals surface area (Å²) in [6.07, 6.45) is 0. The summed E-state index contributed by atoms with van der Waals surface area (Å²) < 4.78 is 1.78. The number of aryl methyl sites for hydroxylation is 1. The third-order valence-electron chi connectivity index (χ3n) is 3.81. The fraction of sp³-hybridized carbons (Fsp3) is 0.357. The van der Waals surface area contributed by atoms with E-state index < -0.39 is 4.92 Å². The number of nitrogens with one attached hydrogen (secondary N) is 1. The molecule has 7 heteroatoms. The summed E-state index contributed by atoms with van der Waals surface area (Å²) in [4.78, 5) is 17.0. The SMILES string of the molecule is Cc1nc([N+](=O)[O-])c(N2CCNCc3ccccc32)n1C. The second-order valence-corrected chi connectivity index (χ2v) is 5.08. The number of benzene rings is 1. The fourth-order valence-corrected chi connectivity index (χ4v) is 2.68. The average molecular weight is 287 g/mol. The predicted molar refractivity (Wildman–Crippen MR) is 79.8 cm³/mol. The van der Waals surface area contributed by atoms with Gasteiger partial charge in [0.15, 0.2) is 0 Å². The van der Waals surface area contributed by atoms with Gasteiger partial charge in [-0.25, -0.2) is 0 Å². The van der Waals surface area contributed by atoms with E-state index in [2.05, 4.69) is 10.3 Å². The zero-order valence-electron chi connectivity index (χ0n) is 12.0. The van der Waals surface area contributed by atoms with Gasteiger partial charge >= 0.3 is 5.82 Å². The maximum absolute atomic E-state index is 11.3. The van der Waals surface area contributed by atoms with Crippen molar-refractivity contribution in [2.24, 2.45) is 7.05 Å². The Kier molecular flexibility index (Phi) is 3.34. The molecule has 2 aromatic rings. The van der Waals surface area contributed by atoms with Crippen LogP contribution in [0.1, 0.15) is 11.4 Å². The van der Waals surface area contributed by atoms with Crippen LogP contribution in [0.3, 0.4) is 0 Å². The van der Waals surface area contributed by atoms with Gasteiger partial charge < -0.3 is 20.3 Å². The molecule has 0 amide bonds. The van der Waals surface area contributed by atoms with E-state index in [4.69, 9.17) is 0 Å². The third kappa shape index (κ3) is 2.25. The van der Waals surface area contributed by atoms with E-state index >= 15 is 0 Å². The van der Waals surface area contributed by atoms with Gasteiger partial charge in [-0.3, -0.25) is 4.57 Å². The molecule has 3 rings (SSSR count). The minimum absolute atomic E-state index is 0.0910. The monoisotopic (exact) mass is 287 g/mol. The smallest absolute Gasteiger partial charge is 0.358 e. The highest BCUT2D eigenvalue weighted by Crippen LogP contribution is 2.35. The van der Waals surface area contributed by atoms with Crippen LogP contribution in [0.4, 0.5) is 17.3 Å². The quantitative estimate of drug-likeness (QED) is 0.674. The van der Waals surface area contributed by atoms with Crippen molar-refractivity contribution in [2.75, 3.05) is 18.0 Å². The molecule has 110 valence electrons. The molecule has 0 aliphatic carbocycles. The van der Waals surface area contributed by atoms with E-state index in [1.165, 1.54) is 0 Å². The molecule has 0 saturated carbocycles. The minimum Gasteiger partial charge on any atom is -0.358 e. The fourth-order valence-electron chi connectivity index (χ4n) is 2.68. The van der Waals surface area contributed by atoms with Crippen molar-refractivity contribution >= 4 is 17.3 Å². The van der Waals surface area contributed by atoms with Gasteiger partial charge in [-0.15, -0.1) is 0 Å². The number of hydrogen-bond donors (Lipinski definition) is 1. The number of nitrogens with zero attached hydrogens (tertiary/aromatic N) is 4. The van der Waals surface area contributed by atoms with Gasteiger partial charge in [0.2, 0.25) is 11.6 Å². The van der Waals surface area contributed by atoms with Crippen LogP contribution in [0.2, 0.25) is 0 Å². The first-order chi connectivity index (χ1) is 10.1. The Balaban J connectivity index is 2.19. The summed E-state index contributed by atoms with van der Waals surface area (Å²) in [7, 11) is 1.81. The number of nitro groups is 1. The van der Waals surface area contributed by atoms with Crippen molar-refractivity contribution in [2.45, 2.75) is 13.5 Å². The molecular weight excluding hydrogens is 270 g/mol. The summed E-state index contributed by atoms with van der Waals surface area (Å²) >= 11 is 0. The zero-order chi connectivity index (χ0) is 15.0. The number of rotatable bonds is 2. The van der Waals surface area contributed by atoms with Crippen LogP contribution in [0.5, 0.6) is 0 Å². The van der Waals surface area contributed by atoms with Crippen molar-refractivity contribution < 1.29 is 4.92 Å². The van der Waals surface area contributed by atoms with E-state index in [-0.39, 0.29) is 5.82 Å². The molecule has 7 nitrogen and oxygen atoms in total. The number of hydrogen-bond acceptors (Lipinski definition) is 5. The zero-order valence-corrected chi connectivity index (χ0v) is 12.0. The standard InChI is InChI=1S/C14H17N5O2/c1-10-16-13(19(20)21)14(17(10)2)18-8-7-15-9-11-5-3-4-6-12(11)18/h3-6,15H,7-9H2,1-2H3. The van der Waals surface area contributed by atoms with Crippen LogP contribution in [0.15, 0.2) is 24.3 Å². The molecule has 0 radical (unpaired) electrons. The topological polar surface area (TPSA) is 76.2 Å². The Bertz CT molecular complexity index is 695. The number of anilines is 2. The average Bonchev–Trinajstić information content (AvgIpc) is 2.65. The molecule has 0 fully saturated rings. The highest BCUT2D eigenvalue weighted by atomic mass is 16.6. The lowest BCUT2D eigenvalue weighted by Crippen LogP contribution is -2.26. The Morgan fingerprint density at radius 2 is 2.14 bits per heavy atom. The summed E-state index contributed by atoms with van der Waals surface area (Å²) in [5.74, 6) is 1.08. The molecule has 1 N–H and O–H groups in total. The van der Waals surface area contributed by atoms with Crippen molar-refractivity contribution in [3.8, 4) is 0 Å². The van der Waals surface area contributed by atoms with Crippen molar-refractivity contribution in [1.82, 2.24) is 14.9 Å². The first-order valence-corrected chi connectivity index (χ1v) is 6.83. The Morgan fingerprint density at radius 3 is 2.90 bits per heavy atom. The van der Waals surface area contributed by atoms with Gasteiger partial charge in [-0.1, -0.05) is 18.2 Å². The maximum atomic E-state index is 11.3. The van der Waals surface area contributed by atoms with Crippen LogP contribution in [0.25, 0.3) is 0 Å². The van der Waals surface area contributed by atoms with Gasteiger partial charge in [-0.05, 0) is 21.5 Å². The Labute approximate surface area is 122 Å². The third-order valence-corrected chi connectivity index (χ3v) is 3.81. The Hall–Kier alpha value is -2.41. The molecule has 0 unspecified atom stereocenters. The van der Waals surface area contributed by atoms with Crippen molar-refractivity contribution in [1.29, 1.82) is 0 Å². The lowest BCUT2D eigenvalue weighted by Gasteiger charge is -2.23. The van der Waals surface area contributed by atoms with Gasteiger partial charge in [0.05, 0.1) is 0 Å². The molecule has 1 aliphatic rings. The highest BCUT2D eigenvalue weighted by molar-refractivity contribution is 5.70. The molecule has 2 heterocycles. The molecule has 21 heavy (non-hydrogen) atoms.